The monoisotopic (exact) mass is 320 g/mol. The summed E-state index contributed by atoms with van der Waals surface area (Å²) in [5.41, 5.74) is 1.92. The molecule has 110 valence electrons. The molecule has 2 nitrogen and oxygen atoms in total. The maximum Gasteiger partial charge on any atom is 0.0595 e. The van der Waals surface area contributed by atoms with Gasteiger partial charge in [0, 0.05) is 36.3 Å². The first-order chi connectivity index (χ1) is 10.2. The second-order valence-electron chi connectivity index (χ2n) is 6.45. The summed E-state index contributed by atoms with van der Waals surface area (Å²) in [5.74, 6) is 0. The molecule has 0 bridgehead atoms. The zero-order valence-corrected chi connectivity index (χ0v) is 13.3. The Morgan fingerprint density at radius 3 is 2.71 bits per heavy atom. The van der Waals surface area contributed by atoms with E-state index in [2.05, 4.69) is 46.5 Å². The molecular weight excluding hydrogens is 303 g/mol. The third-order valence-electron chi connectivity index (χ3n) is 5.35. The lowest BCUT2D eigenvalue weighted by atomic mass is 9.81. The van der Waals surface area contributed by atoms with Gasteiger partial charge in [-0.05, 0) is 49.2 Å². The fraction of sp³-hybridized carbons (Fsp3) is 0.412. The van der Waals surface area contributed by atoms with E-state index < -0.39 is 0 Å². The number of halogens is 2. The molecule has 2 aromatic rings. The van der Waals surface area contributed by atoms with Gasteiger partial charge in [-0.1, -0.05) is 29.3 Å². The van der Waals surface area contributed by atoms with E-state index in [1.165, 1.54) is 18.4 Å². The molecule has 21 heavy (non-hydrogen) atoms. The summed E-state index contributed by atoms with van der Waals surface area (Å²) < 4.78 is 2.30. The molecule has 2 atom stereocenters. The van der Waals surface area contributed by atoms with Gasteiger partial charge in [0.1, 0.15) is 0 Å². The van der Waals surface area contributed by atoms with Crippen molar-refractivity contribution in [3.63, 3.8) is 0 Å². The minimum absolute atomic E-state index is 0.261. The number of nitrogens with one attached hydrogen (secondary N) is 1. The molecule has 1 aromatic carbocycles. The summed E-state index contributed by atoms with van der Waals surface area (Å²) in [6, 6.07) is 10.4. The van der Waals surface area contributed by atoms with E-state index in [0.29, 0.717) is 15.5 Å². The molecule has 0 amide bonds. The van der Waals surface area contributed by atoms with Gasteiger partial charge in [0.15, 0.2) is 0 Å². The smallest absolute Gasteiger partial charge is 0.0595 e. The van der Waals surface area contributed by atoms with Crippen molar-refractivity contribution >= 4 is 23.2 Å². The van der Waals surface area contributed by atoms with Crippen LogP contribution >= 0.6 is 23.2 Å². The first kappa shape index (κ1) is 13.7. The largest absolute Gasteiger partial charge is 0.354 e. The van der Waals surface area contributed by atoms with Crippen molar-refractivity contribution in [2.75, 3.05) is 13.1 Å². The molecule has 2 aliphatic rings. The highest BCUT2D eigenvalue weighted by Crippen LogP contribution is 2.68. The minimum Gasteiger partial charge on any atom is -0.354 e. The van der Waals surface area contributed by atoms with Crippen LogP contribution in [0.2, 0.25) is 10.0 Å². The lowest BCUT2D eigenvalue weighted by Gasteiger charge is -2.32. The van der Waals surface area contributed by atoms with E-state index in [4.69, 9.17) is 23.2 Å². The van der Waals surface area contributed by atoms with Crippen LogP contribution in [0.15, 0.2) is 42.7 Å². The molecule has 1 N–H and O–H groups in total. The van der Waals surface area contributed by atoms with Gasteiger partial charge in [0.05, 0.1) is 10.0 Å². The second-order valence-corrected chi connectivity index (χ2v) is 7.26. The number of hydrogen-bond donors (Lipinski definition) is 1. The Labute approximate surface area is 135 Å². The first-order valence-corrected chi connectivity index (χ1v) is 8.18. The Bertz CT molecular complexity index is 667. The maximum atomic E-state index is 6.25. The maximum absolute atomic E-state index is 6.25. The van der Waals surface area contributed by atoms with Crippen LogP contribution in [0.1, 0.15) is 18.4 Å². The number of benzene rings is 1. The number of hydrogen-bond acceptors (Lipinski definition) is 1. The molecular formula is C17H18Cl2N2. The Hall–Kier alpha value is -0.960. The second kappa shape index (κ2) is 4.77. The average molecular weight is 321 g/mol. The number of aromatic nitrogens is 1. The Morgan fingerprint density at radius 1 is 1.14 bits per heavy atom. The SMILES string of the molecule is Clc1ccc([C@]23CCNC[C@@]2(Cn2cccc2)C3)cc1Cl. The van der Waals surface area contributed by atoms with Crippen LogP contribution in [-0.4, -0.2) is 17.7 Å². The van der Waals surface area contributed by atoms with Gasteiger partial charge in [-0.15, -0.1) is 0 Å². The molecule has 0 unspecified atom stereocenters. The third-order valence-corrected chi connectivity index (χ3v) is 6.08. The van der Waals surface area contributed by atoms with Crippen LogP contribution in [0.5, 0.6) is 0 Å². The van der Waals surface area contributed by atoms with E-state index in [9.17, 15) is 0 Å². The normalized spacial score (nSPS) is 31.0. The van der Waals surface area contributed by atoms with Crippen LogP contribution in [0.3, 0.4) is 0 Å². The fourth-order valence-corrected chi connectivity index (χ4v) is 4.48. The van der Waals surface area contributed by atoms with Gasteiger partial charge in [-0.3, -0.25) is 0 Å². The highest BCUT2D eigenvalue weighted by atomic mass is 35.5. The zero-order valence-electron chi connectivity index (χ0n) is 11.8. The van der Waals surface area contributed by atoms with E-state index in [0.717, 1.165) is 19.6 Å². The molecule has 2 heterocycles. The number of piperidine rings is 1. The van der Waals surface area contributed by atoms with Crippen molar-refractivity contribution in [1.29, 1.82) is 0 Å². The van der Waals surface area contributed by atoms with Crippen molar-refractivity contribution in [3.8, 4) is 0 Å². The van der Waals surface area contributed by atoms with Gasteiger partial charge in [0.25, 0.3) is 0 Å². The summed E-state index contributed by atoms with van der Waals surface area (Å²) >= 11 is 12.3. The van der Waals surface area contributed by atoms with Crippen molar-refractivity contribution in [2.45, 2.75) is 24.8 Å². The molecule has 1 saturated carbocycles. The molecule has 1 aliphatic heterocycles. The highest BCUT2D eigenvalue weighted by Gasteiger charge is 2.68. The van der Waals surface area contributed by atoms with Crippen LogP contribution in [0.25, 0.3) is 0 Å². The quantitative estimate of drug-likeness (QED) is 0.900. The summed E-state index contributed by atoms with van der Waals surface area (Å²) in [4.78, 5) is 0. The fourth-order valence-electron chi connectivity index (χ4n) is 4.18. The van der Waals surface area contributed by atoms with Crippen molar-refractivity contribution in [3.05, 3.63) is 58.3 Å². The summed E-state index contributed by atoms with van der Waals surface area (Å²) in [6.45, 7) is 3.21. The number of nitrogens with zero attached hydrogens (tertiary/aromatic N) is 1. The number of rotatable bonds is 3. The highest BCUT2D eigenvalue weighted by molar-refractivity contribution is 6.42. The van der Waals surface area contributed by atoms with Crippen molar-refractivity contribution in [2.24, 2.45) is 5.41 Å². The molecule has 0 radical (unpaired) electrons. The Kier molecular flexibility index (Phi) is 3.11. The molecule has 1 aliphatic carbocycles. The van der Waals surface area contributed by atoms with Crippen molar-refractivity contribution in [1.82, 2.24) is 9.88 Å². The summed E-state index contributed by atoms with van der Waals surface area (Å²) in [5, 5.41) is 4.89. The van der Waals surface area contributed by atoms with E-state index in [1.54, 1.807) is 0 Å². The topological polar surface area (TPSA) is 17.0 Å². The van der Waals surface area contributed by atoms with Crippen LogP contribution < -0.4 is 5.32 Å². The predicted molar refractivity (Wildman–Crippen MR) is 87.1 cm³/mol. The predicted octanol–water partition coefficient (Wildman–Crippen LogP) is 4.12. The van der Waals surface area contributed by atoms with Gasteiger partial charge in [0.2, 0.25) is 0 Å². The van der Waals surface area contributed by atoms with Crippen LogP contribution in [-0.2, 0) is 12.0 Å². The van der Waals surface area contributed by atoms with Gasteiger partial charge >= 0.3 is 0 Å². The van der Waals surface area contributed by atoms with Crippen LogP contribution in [0, 0.1) is 5.41 Å². The average Bonchev–Trinajstić information content (AvgIpc) is 2.88. The Morgan fingerprint density at radius 2 is 1.95 bits per heavy atom. The van der Waals surface area contributed by atoms with Crippen LogP contribution in [0.4, 0.5) is 0 Å². The van der Waals surface area contributed by atoms with E-state index in [1.807, 2.05) is 6.07 Å². The summed E-state index contributed by atoms with van der Waals surface area (Å²) in [6.07, 6.45) is 6.71. The van der Waals surface area contributed by atoms with E-state index in [-0.39, 0.29) is 5.41 Å². The van der Waals surface area contributed by atoms with Gasteiger partial charge in [-0.2, -0.15) is 0 Å². The number of fused-ring (bicyclic) bond motifs is 1. The van der Waals surface area contributed by atoms with Gasteiger partial charge < -0.3 is 9.88 Å². The first-order valence-electron chi connectivity index (χ1n) is 7.42. The molecule has 1 saturated heterocycles. The molecule has 2 fully saturated rings. The molecule has 4 rings (SSSR count). The standard InChI is InChI=1S/C17H18Cl2N2/c18-14-4-3-13(9-15(14)19)17-5-6-20-11-16(17,10-17)12-21-7-1-2-8-21/h1-4,7-9,20H,5-6,10-12H2/t16-,17-/m1/s1. The summed E-state index contributed by atoms with van der Waals surface area (Å²) in [7, 11) is 0. The lowest BCUT2D eigenvalue weighted by Crippen LogP contribution is -2.40. The zero-order chi connectivity index (χ0) is 14.5. The van der Waals surface area contributed by atoms with Crippen molar-refractivity contribution < 1.29 is 0 Å². The molecule has 4 heteroatoms. The lowest BCUT2D eigenvalue weighted by molar-refractivity contribution is 0.285. The minimum atomic E-state index is 0.261. The molecule has 0 spiro atoms. The molecule has 1 aromatic heterocycles. The van der Waals surface area contributed by atoms with E-state index >= 15 is 0 Å². The Balaban J connectivity index is 1.70. The third kappa shape index (κ3) is 2.04. The van der Waals surface area contributed by atoms with Gasteiger partial charge in [-0.25, -0.2) is 0 Å².